The molecule has 1 aromatic carbocycles. The number of aromatic nitrogens is 5. The third-order valence-electron chi connectivity index (χ3n) is 3.98. The Morgan fingerprint density at radius 3 is 2.52 bits per heavy atom. The van der Waals surface area contributed by atoms with Crippen molar-refractivity contribution in [3.05, 3.63) is 39.7 Å². The number of hydrogen-bond donors (Lipinski definition) is 0. The molecule has 0 atom stereocenters. The fraction of sp³-hybridized carbons (Fsp3) is 0.444. The first kappa shape index (κ1) is 19.6. The lowest BCUT2D eigenvalue weighted by Crippen LogP contribution is -2.00. The number of benzene rings is 1. The molecule has 2 heterocycles. The van der Waals surface area contributed by atoms with Crippen molar-refractivity contribution in [2.24, 2.45) is 0 Å². The second kappa shape index (κ2) is 9.19. The van der Waals surface area contributed by atoms with Gasteiger partial charge in [0.2, 0.25) is 5.82 Å². The molecule has 0 aliphatic heterocycles. The van der Waals surface area contributed by atoms with E-state index < -0.39 is 0 Å². The molecular formula is C18H21Cl2N5O2. The highest BCUT2D eigenvalue weighted by molar-refractivity contribution is 6.37. The van der Waals surface area contributed by atoms with E-state index in [4.69, 9.17) is 32.5 Å². The van der Waals surface area contributed by atoms with Gasteiger partial charge in [-0.15, -0.1) is 10.2 Å². The average Bonchev–Trinajstić information content (AvgIpc) is 3.28. The number of nitrogens with zero attached hydrogens (tertiary/aromatic N) is 5. The molecule has 9 heteroatoms. The van der Waals surface area contributed by atoms with Gasteiger partial charge in [0.1, 0.15) is 5.76 Å². The third-order valence-corrected chi connectivity index (χ3v) is 4.54. The normalized spacial score (nSPS) is 11.1. The van der Waals surface area contributed by atoms with Crippen molar-refractivity contribution in [1.82, 2.24) is 25.4 Å². The summed E-state index contributed by atoms with van der Waals surface area (Å²) in [5.74, 6) is 1.88. The van der Waals surface area contributed by atoms with Gasteiger partial charge in [-0.2, -0.15) is 4.80 Å². The molecule has 0 aliphatic carbocycles. The van der Waals surface area contributed by atoms with E-state index in [9.17, 15) is 0 Å². The molecule has 0 radical (unpaired) electrons. The fourth-order valence-electron chi connectivity index (χ4n) is 2.61. The van der Waals surface area contributed by atoms with Gasteiger partial charge in [0, 0.05) is 18.1 Å². The highest BCUT2D eigenvalue weighted by atomic mass is 35.5. The van der Waals surface area contributed by atoms with E-state index in [2.05, 4.69) is 20.6 Å². The van der Waals surface area contributed by atoms with Gasteiger partial charge in [0.25, 0.3) is 0 Å². The number of halogens is 2. The van der Waals surface area contributed by atoms with E-state index in [-0.39, 0.29) is 0 Å². The van der Waals surface area contributed by atoms with Crippen LogP contribution in [0.5, 0.6) is 5.75 Å². The zero-order chi connectivity index (χ0) is 19.2. The van der Waals surface area contributed by atoms with Crippen LogP contribution in [-0.4, -0.2) is 32.0 Å². The summed E-state index contributed by atoms with van der Waals surface area (Å²) >= 11 is 12.7. The first-order valence-corrected chi connectivity index (χ1v) is 9.64. The van der Waals surface area contributed by atoms with Crippen molar-refractivity contribution in [3.63, 3.8) is 0 Å². The molecule has 0 fully saturated rings. The van der Waals surface area contributed by atoms with Crippen LogP contribution in [0.2, 0.25) is 10.0 Å². The quantitative estimate of drug-likeness (QED) is 0.474. The molecule has 0 amide bonds. The average molecular weight is 410 g/mol. The maximum atomic E-state index is 6.34. The van der Waals surface area contributed by atoms with Crippen molar-refractivity contribution < 1.29 is 9.26 Å². The predicted octanol–water partition coefficient (Wildman–Crippen LogP) is 4.76. The van der Waals surface area contributed by atoms with Gasteiger partial charge in [-0.3, -0.25) is 0 Å². The number of ether oxygens (including phenoxy) is 1. The highest BCUT2D eigenvalue weighted by Gasteiger charge is 2.14. The molecule has 0 unspecified atom stereocenters. The summed E-state index contributed by atoms with van der Waals surface area (Å²) < 4.78 is 11.0. The van der Waals surface area contributed by atoms with Gasteiger partial charge in [-0.05, 0) is 50.5 Å². The molecule has 0 aliphatic rings. The lowest BCUT2D eigenvalue weighted by Gasteiger charge is -2.11. The van der Waals surface area contributed by atoms with Gasteiger partial charge in [-0.25, -0.2) is 0 Å². The number of unbranched alkanes of at least 4 members (excludes halogenated alkanes) is 2. The smallest absolute Gasteiger partial charge is 0.205 e. The predicted molar refractivity (Wildman–Crippen MR) is 103 cm³/mol. The monoisotopic (exact) mass is 409 g/mol. The zero-order valence-electron chi connectivity index (χ0n) is 15.3. The molecule has 2 aromatic heterocycles. The van der Waals surface area contributed by atoms with Gasteiger partial charge in [0.15, 0.2) is 5.75 Å². The van der Waals surface area contributed by atoms with E-state index in [0.717, 1.165) is 37.1 Å². The Balaban J connectivity index is 1.49. The second-order valence-corrected chi connectivity index (χ2v) is 6.98. The van der Waals surface area contributed by atoms with Crippen LogP contribution >= 0.6 is 23.2 Å². The zero-order valence-corrected chi connectivity index (χ0v) is 16.8. The van der Waals surface area contributed by atoms with Crippen molar-refractivity contribution in [1.29, 1.82) is 0 Å². The van der Waals surface area contributed by atoms with Gasteiger partial charge < -0.3 is 9.26 Å². The van der Waals surface area contributed by atoms with Crippen molar-refractivity contribution in [2.75, 3.05) is 6.61 Å². The van der Waals surface area contributed by atoms with Crippen LogP contribution in [0.15, 0.2) is 22.7 Å². The van der Waals surface area contributed by atoms with E-state index in [1.165, 1.54) is 4.80 Å². The van der Waals surface area contributed by atoms with E-state index in [1.54, 1.807) is 12.1 Å². The lowest BCUT2D eigenvalue weighted by molar-refractivity contribution is 0.303. The highest BCUT2D eigenvalue weighted by Crippen LogP contribution is 2.36. The molecule has 0 bridgehead atoms. The van der Waals surface area contributed by atoms with Crippen LogP contribution in [-0.2, 0) is 13.0 Å². The summed E-state index contributed by atoms with van der Waals surface area (Å²) in [6, 6.07) is 5.45. The third kappa shape index (κ3) is 5.20. The number of aryl methyl sites for hydroxylation is 3. The molecule has 3 rings (SSSR count). The molecular weight excluding hydrogens is 389 g/mol. The minimum absolute atomic E-state index is 0.433. The Hall–Kier alpha value is -2.12. The van der Waals surface area contributed by atoms with Crippen LogP contribution in [0.3, 0.4) is 0 Å². The molecule has 0 N–H and O–H groups in total. The van der Waals surface area contributed by atoms with Crippen molar-refractivity contribution >= 4 is 23.2 Å². The first-order chi connectivity index (χ1) is 13.1. The Morgan fingerprint density at radius 1 is 1.11 bits per heavy atom. The van der Waals surface area contributed by atoms with Crippen LogP contribution < -0.4 is 4.74 Å². The number of tetrazole rings is 1. The fourth-order valence-corrected chi connectivity index (χ4v) is 3.20. The van der Waals surface area contributed by atoms with E-state index in [0.29, 0.717) is 40.3 Å². The van der Waals surface area contributed by atoms with Crippen molar-refractivity contribution in [3.8, 4) is 17.1 Å². The van der Waals surface area contributed by atoms with Gasteiger partial charge in [0.05, 0.1) is 28.9 Å². The summed E-state index contributed by atoms with van der Waals surface area (Å²) in [4.78, 5) is 1.50. The van der Waals surface area contributed by atoms with Gasteiger partial charge in [-0.1, -0.05) is 28.4 Å². The van der Waals surface area contributed by atoms with E-state index >= 15 is 0 Å². The molecule has 3 aromatic rings. The van der Waals surface area contributed by atoms with Gasteiger partial charge >= 0.3 is 0 Å². The summed E-state index contributed by atoms with van der Waals surface area (Å²) in [7, 11) is 0. The second-order valence-electron chi connectivity index (χ2n) is 6.16. The molecule has 0 saturated carbocycles. The molecule has 0 spiro atoms. The minimum atomic E-state index is 0.433. The minimum Gasteiger partial charge on any atom is -0.490 e. The molecule has 7 nitrogen and oxygen atoms in total. The Bertz CT molecular complexity index is 871. The van der Waals surface area contributed by atoms with Crippen LogP contribution in [0.4, 0.5) is 0 Å². The van der Waals surface area contributed by atoms with Crippen LogP contribution in [0.25, 0.3) is 11.4 Å². The molecule has 144 valence electrons. The van der Waals surface area contributed by atoms with E-state index in [1.807, 2.05) is 19.9 Å². The maximum Gasteiger partial charge on any atom is 0.205 e. The number of hydrogen-bond acceptors (Lipinski definition) is 6. The topological polar surface area (TPSA) is 78.9 Å². The SMILES string of the molecule is CCn1nnc(-c2cc(Cl)c(OCCCCCc3cc(C)no3)c(Cl)c2)n1. The summed E-state index contributed by atoms with van der Waals surface area (Å²) in [6.07, 6.45) is 3.80. The summed E-state index contributed by atoms with van der Waals surface area (Å²) in [6.45, 7) is 5.04. The summed E-state index contributed by atoms with van der Waals surface area (Å²) in [5.41, 5.74) is 1.62. The molecule has 0 saturated heterocycles. The standard InChI is InChI=1S/C18H21Cl2N5O2/c1-3-25-22-18(21-24-25)13-10-15(19)17(16(20)11-13)26-8-6-4-5-7-14-9-12(2)23-27-14/h9-11H,3-8H2,1-2H3. The Labute approximate surface area is 167 Å². The van der Waals surface area contributed by atoms with Crippen LogP contribution in [0, 0.1) is 6.92 Å². The largest absolute Gasteiger partial charge is 0.490 e. The first-order valence-electron chi connectivity index (χ1n) is 8.89. The maximum absolute atomic E-state index is 6.34. The summed E-state index contributed by atoms with van der Waals surface area (Å²) in [5, 5.41) is 17.0. The van der Waals surface area contributed by atoms with Crippen LogP contribution in [0.1, 0.15) is 37.6 Å². The Morgan fingerprint density at radius 2 is 1.89 bits per heavy atom. The lowest BCUT2D eigenvalue weighted by atomic mass is 10.1. The Kier molecular flexibility index (Phi) is 6.68. The van der Waals surface area contributed by atoms with Crippen molar-refractivity contribution in [2.45, 2.75) is 46.1 Å². The number of rotatable bonds is 9. The molecule has 27 heavy (non-hydrogen) atoms.